The van der Waals surface area contributed by atoms with Crippen LogP contribution in [0.4, 0.5) is 11.5 Å². The minimum atomic E-state index is -0.394. The Labute approximate surface area is 127 Å². The van der Waals surface area contributed by atoms with Gasteiger partial charge < -0.3 is 4.90 Å². The number of pyridine rings is 1. The van der Waals surface area contributed by atoms with E-state index in [1.54, 1.807) is 19.2 Å². The van der Waals surface area contributed by atoms with Crippen molar-refractivity contribution in [2.24, 2.45) is 0 Å². The molecule has 3 rings (SSSR count). The SMILES string of the molecule is Cc1nc(N2CCCC(n3ccnn3)CC2)ccc1[N+](=O)[O-]. The lowest BCUT2D eigenvalue weighted by atomic mass is 10.1. The van der Waals surface area contributed by atoms with Gasteiger partial charge >= 0.3 is 0 Å². The van der Waals surface area contributed by atoms with Crippen LogP contribution in [-0.2, 0) is 0 Å². The molecule has 1 aliphatic heterocycles. The number of aromatic nitrogens is 4. The van der Waals surface area contributed by atoms with Crippen molar-refractivity contribution in [3.63, 3.8) is 0 Å². The summed E-state index contributed by atoms with van der Waals surface area (Å²) in [5, 5.41) is 18.8. The maximum Gasteiger partial charge on any atom is 0.290 e. The van der Waals surface area contributed by atoms with Crippen LogP contribution in [0.5, 0.6) is 0 Å². The Balaban J connectivity index is 1.73. The molecule has 0 saturated carbocycles. The molecular formula is C14H18N6O2. The molecule has 0 amide bonds. The Bertz CT molecular complexity index is 657. The van der Waals surface area contributed by atoms with E-state index in [1.165, 1.54) is 6.07 Å². The molecule has 1 saturated heterocycles. The Morgan fingerprint density at radius 1 is 1.32 bits per heavy atom. The van der Waals surface area contributed by atoms with Gasteiger partial charge in [0.1, 0.15) is 11.5 Å². The molecule has 1 aliphatic rings. The predicted molar refractivity (Wildman–Crippen MR) is 80.8 cm³/mol. The molecule has 2 aromatic rings. The Morgan fingerprint density at radius 2 is 2.18 bits per heavy atom. The first-order valence-corrected chi connectivity index (χ1v) is 7.38. The third kappa shape index (κ3) is 2.90. The summed E-state index contributed by atoms with van der Waals surface area (Å²) in [6.07, 6.45) is 6.63. The molecule has 1 unspecified atom stereocenters. The Kier molecular flexibility index (Phi) is 3.99. The zero-order valence-electron chi connectivity index (χ0n) is 12.4. The molecule has 0 aliphatic carbocycles. The van der Waals surface area contributed by atoms with Crippen LogP contribution >= 0.6 is 0 Å². The van der Waals surface area contributed by atoms with Gasteiger partial charge in [-0.3, -0.25) is 10.1 Å². The largest absolute Gasteiger partial charge is 0.357 e. The highest BCUT2D eigenvalue weighted by atomic mass is 16.6. The van der Waals surface area contributed by atoms with E-state index in [9.17, 15) is 10.1 Å². The fourth-order valence-electron chi connectivity index (χ4n) is 2.89. The summed E-state index contributed by atoms with van der Waals surface area (Å²) in [7, 11) is 0. The zero-order valence-corrected chi connectivity index (χ0v) is 12.4. The van der Waals surface area contributed by atoms with E-state index < -0.39 is 4.92 Å². The van der Waals surface area contributed by atoms with Crippen molar-refractivity contribution in [2.45, 2.75) is 32.2 Å². The minimum Gasteiger partial charge on any atom is -0.357 e. The fourth-order valence-corrected chi connectivity index (χ4v) is 2.89. The van der Waals surface area contributed by atoms with Gasteiger partial charge in [0.05, 0.1) is 17.2 Å². The zero-order chi connectivity index (χ0) is 15.5. The average Bonchev–Trinajstić information content (AvgIpc) is 2.91. The van der Waals surface area contributed by atoms with E-state index in [4.69, 9.17) is 0 Å². The molecule has 2 aromatic heterocycles. The van der Waals surface area contributed by atoms with Gasteiger partial charge in [-0.15, -0.1) is 5.10 Å². The third-order valence-electron chi connectivity index (χ3n) is 4.08. The second kappa shape index (κ2) is 6.08. The van der Waals surface area contributed by atoms with Gasteiger partial charge in [-0.1, -0.05) is 5.21 Å². The van der Waals surface area contributed by atoms with Crippen molar-refractivity contribution in [1.29, 1.82) is 0 Å². The second-order valence-electron chi connectivity index (χ2n) is 5.49. The number of anilines is 1. The van der Waals surface area contributed by atoms with Gasteiger partial charge in [-0.25, -0.2) is 9.67 Å². The molecule has 0 spiro atoms. The predicted octanol–water partition coefficient (Wildman–Crippen LogP) is 2.12. The van der Waals surface area contributed by atoms with E-state index in [-0.39, 0.29) is 5.69 Å². The number of nitrogens with zero attached hydrogens (tertiary/aromatic N) is 6. The van der Waals surface area contributed by atoms with Crippen LogP contribution < -0.4 is 4.90 Å². The van der Waals surface area contributed by atoms with Gasteiger partial charge in [0.25, 0.3) is 5.69 Å². The number of rotatable bonds is 3. The highest BCUT2D eigenvalue weighted by Crippen LogP contribution is 2.26. The monoisotopic (exact) mass is 302 g/mol. The highest BCUT2D eigenvalue weighted by molar-refractivity contribution is 5.46. The molecule has 3 heterocycles. The summed E-state index contributed by atoms with van der Waals surface area (Å²) in [6, 6.07) is 3.63. The topological polar surface area (TPSA) is 90.0 Å². The van der Waals surface area contributed by atoms with Crippen molar-refractivity contribution in [3.8, 4) is 0 Å². The minimum absolute atomic E-state index is 0.0686. The quantitative estimate of drug-likeness (QED) is 0.637. The maximum atomic E-state index is 10.9. The van der Waals surface area contributed by atoms with E-state index >= 15 is 0 Å². The van der Waals surface area contributed by atoms with E-state index in [0.717, 1.165) is 38.2 Å². The first-order valence-electron chi connectivity index (χ1n) is 7.38. The van der Waals surface area contributed by atoms with Crippen LogP contribution in [0.15, 0.2) is 24.5 Å². The molecular weight excluding hydrogens is 284 g/mol. The van der Waals surface area contributed by atoms with Crippen molar-refractivity contribution in [1.82, 2.24) is 20.0 Å². The summed E-state index contributed by atoms with van der Waals surface area (Å²) in [6.45, 7) is 3.43. The lowest BCUT2D eigenvalue weighted by molar-refractivity contribution is -0.385. The second-order valence-corrected chi connectivity index (χ2v) is 5.49. The van der Waals surface area contributed by atoms with Crippen molar-refractivity contribution in [2.75, 3.05) is 18.0 Å². The lowest BCUT2D eigenvalue weighted by Gasteiger charge is -2.22. The van der Waals surface area contributed by atoms with Crippen LogP contribution in [0.3, 0.4) is 0 Å². The summed E-state index contributed by atoms with van der Waals surface area (Å²) < 4.78 is 1.91. The van der Waals surface area contributed by atoms with Crippen molar-refractivity contribution < 1.29 is 4.92 Å². The standard InChI is InChI=1S/C14H18N6O2/c1-11-13(20(21)22)4-5-14(16-11)18-8-2-3-12(6-9-18)19-10-7-15-17-19/h4-5,7,10,12H,2-3,6,8-9H2,1H3. The van der Waals surface area contributed by atoms with E-state index in [1.807, 2.05) is 10.9 Å². The summed E-state index contributed by atoms with van der Waals surface area (Å²) in [5.74, 6) is 0.808. The first kappa shape index (κ1) is 14.4. The van der Waals surface area contributed by atoms with Gasteiger partial charge in [-0.05, 0) is 32.3 Å². The van der Waals surface area contributed by atoms with Crippen LogP contribution in [-0.4, -0.2) is 38.0 Å². The van der Waals surface area contributed by atoms with Gasteiger partial charge in [0, 0.05) is 25.4 Å². The number of aryl methyl sites for hydroxylation is 1. The molecule has 8 nitrogen and oxygen atoms in total. The first-order chi connectivity index (χ1) is 10.6. The summed E-state index contributed by atoms with van der Waals surface area (Å²) in [4.78, 5) is 17.1. The molecule has 8 heteroatoms. The van der Waals surface area contributed by atoms with Crippen LogP contribution in [0.2, 0.25) is 0 Å². The van der Waals surface area contributed by atoms with Gasteiger partial charge in [-0.2, -0.15) is 0 Å². The fraction of sp³-hybridized carbons (Fsp3) is 0.500. The van der Waals surface area contributed by atoms with Gasteiger partial charge in [0.2, 0.25) is 0 Å². The number of nitro groups is 1. The number of hydrogen-bond acceptors (Lipinski definition) is 6. The molecule has 0 radical (unpaired) electrons. The normalized spacial score (nSPS) is 19.0. The third-order valence-corrected chi connectivity index (χ3v) is 4.08. The van der Waals surface area contributed by atoms with Crippen LogP contribution in [0.25, 0.3) is 0 Å². The highest BCUT2D eigenvalue weighted by Gasteiger charge is 2.21. The van der Waals surface area contributed by atoms with Crippen molar-refractivity contribution >= 4 is 11.5 Å². The van der Waals surface area contributed by atoms with E-state index in [2.05, 4.69) is 20.2 Å². The Hall–Kier alpha value is -2.51. The smallest absolute Gasteiger partial charge is 0.290 e. The molecule has 22 heavy (non-hydrogen) atoms. The molecule has 116 valence electrons. The van der Waals surface area contributed by atoms with Crippen LogP contribution in [0.1, 0.15) is 31.0 Å². The average molecular weight is 302 g/mol. The summed E-state index contributed by atoms with van der Waals surface area (Å²) in [5.41, 5.74) is 0.527. The lowest BCUT2D eigenvalue weighted by Crippen LogP contribution is -2.25. The Morgan fingerprint density at radius 3 is 2.86 bits per heavy atom. The van der Waals surface area contributed by atoms with Crippen molar-refractivity contribution in [3.05, 3.63) is 40.3 Å². The summed E-state index contributed by atoms with van der Waals surface area (Å²) >= 11 is 0. The van der Waals surface area contributed by atoms with E-state index in [0.29, 0.717) is 11.7 Å². The molecule has 0 N–H and O–H groups in total. The van der Waals surface area contributed by atoms with Gasteiger partial charge in [0.15, 0.2) is 0 Å². The molecule has 1 atom stereocenters. The number of hydrogen-bond donors (Lipinski definition) is 0. The molecule has 0 bridgehead atoms. The van der Waals surface area contributed by atoms with Crippen LogP contribution in [0, 0.1) is 17.0 Å². The molecule has 0 aromatic carbocycles. The maximum absolute atomic E-state index is 10.9. The molecule has 1 fully saturated rings.